The smallest absolute Gasteiger partial charge is 0.276 e. The van der Waals surface area contributed by atoms with Gasteiger partial charge in [-0.15, -0.1) is 0 Å². The first kappa shape index (κ1) is 16.2. The van der Waals surface area contributed by atoms with Crippen LogP contribution in [0.5, 0.6) is 0 Å². The molecule has 6 heteroatoms. The molecule has 3 rings (SSSR count). The number of fused-ring (bicyclic) bond motifs is 1. The number of carbonyl (C=O) groups is 1. The molecule has 0 radical (unpaired) electrons. The van der Waals surface area contributed by atoms with Crippen LogP contribution in [0.15, 0.2) is 47.3 Å². The summed E-state index contributed by atoms with van der Waals surface area (Å²) in [6.07, 6.45) is 0. The number of hydrogen-bond acceptors (Lipinski definition) is 3. The Hall–Kier alpha value is -2.66. The molecule has 1 heterocycles. The number of amides is 1. The van der Waals surface area contributed by atoms with E-state index in [-0.39, 0.29) is 5.69 Å². The van der Waals surface area contributed by atoms with Crippen LogP contribution < -0.4 is 10.7 Å². The van der Waals surface area contributed by atoms with Crippen LogP contribution in [0.3, 0.4) is 0 Å². The zero-order valence-electron chi connectivity index (χ0n) is 13.3. The van der Waals surface area contributed by atoms with Crippen molar-refractivity contribution in [2.24, 2.45) is 7.05 Å². The van der Waals surface area contributed by atoms with E-state index in [9.17, 15) is 9.59 Å². The first-order valence-corrected chi connectivity index (χ1v) is 7.84. The summed E-state index contributed by atoms with van der Waals surface area (Å²) in [6, 6.07) is 12.7. The zero-order valence-corrected chi connectivity index (χ0v) is 14.1. The molecule has 0 saturated heterocycles. The fourth-order valence-corrected chi connectivity index (χ4v) is 2.74. The number of halogens is 1. The number of hydrogen-bond donors (Lipinski definition) is 1. The summed E-state index contributed by atoms with van der Waals surface area (Å²) in [5.41, 5.74) is 2.13. The maximum Gasteiger partial charge on any atom is 0.276 e. The first-order chi connectivity index (χ1) is 11.5. The van der Waals surface area contributed by atoms with Crippen LogP contribution >= 0.6 is 11.6 Å². The van der Waals surface area contributed by atoms with E-state index in [0.29, 0.717) is 22.5 Å². The van der Waals surface area contributed by atoms with Gasteiger partial charge in [0.05, 0.1) is 10.9 Å². The number of nitrogens with zero attached hydrogens (tertiary/aromatic N) is 2. The van der Waals surface area contributed by atoms with Crippen molar-refractivity contribution in [2.75, 3.05) is 0 Å². The molecule has 1 N–H and O–H groups in total. The Labute approximate surface area is 143 Å². The number of aryl methyl sites for hydroxylation is 2. The lowest BCUT2D eigenvalue weighted by Gasteiger charge is -2.10. The van der Waals surface area contributed by atoms with Crippen molar-refractivity contribution in [3.8, 4) is 0 Å². The van der Waals surface area contributed by atoms with E-state index < -0.39 is 11.3 Å². The molecule has 0 atom stereocenters. The van der Waals surface area contributed by atoms with E-state index in [1.165, 1.54) is 4.68 Å². The second-order valence-electron chi connectivity index (χ2n) is 5.57. The molecular weight excluding hydrogens is 326 g/mol. The minimum absolute atomic E-state index is 0.138. The second kappa shape index (κ2) is 6.45. The van der Waals surface area contributed by atoms with Gasteiger partial charge in [-0.25, -0.2) is 0 Å². The van der Waals surface area contributed by atoms with Gasteiger partial charge in [0, 0.05) is 18.6 Å². The lowest BCUT2D eigenvalue weighted by atomic mass is 10.1. The van der Waals surface area contributed by atoms with Gasteiger partial charge in [-0.05, 0) is 36.2 Å². The highest BCUT2D eigenvalue weighted by atomic mass is 35.5. The van der Waals surface area contributed by atoms with Crippen LogP contribution in [0.2, 0.25) is 5.02 Å². The second-order valence-corrected chi connectivity index (χ2v) is 6.01. The summed E-state index contributed by atoms with van der Waals surface area (Å²) in [5, 5.41) is 7.69. The SMILES string of the molecule is Cc1ccccc1CNC(=O)c1nn(C)c2ccc(Cl)cc2c1=O. The molecule has 1 amide bonds. The van der Waals surface area contributed by atoms with Crippen LogP contribution in [0, 0.1) is 6.92 Å². The van der Waals surface area contributed by atoms with Gasteiger partial charge in [0.25, 0.3) is 5.91 Å². The van der Waals surface area contributed by atoms with E-state index in [0.717, 1.165) is 11.1 Å². The van der Waals surface area contributed by atoms with Crippen molar-refractivity contribution in [2.45, 2.75) is 13.5 Å². The lowest BCUT2D eigenvalue weighted by Crippen LogP contribution is -2.31. The van der Waals surface area contributed by atoms with E-state index in [1.807, 2.05) is 31.2 Å². The predicted octanol–water partition coefficient (Wildman–Crippen LogP) is 2.83. The number of nitrogens with one attached hydrogen (secondary N) is 1. The van der Waals surface area contributed by atoms with Crippen LogP contribution in [0.1, 0.15) is 21.6 Å². The number of benzene rings is 2. The number of carbonyl (C=O) groups excluding carboxylic acids is 1. The van der Waals surface area contributed by atoms with Crippen molar-refractivity contribution >= 4 is 28.4 Å². The first-order valence-electron chi connectivity index (χ1n) is 7.46. The summed E-state index contributed by atoms with van der Waals surface area (Å²) >= 11 is 5.96. The molecule has 1 aromatic heterocycles. The summed E-state index contributed by atoms with van der Waals surface area (Å²) in [4.78, 5) is 25.0. The molecule has 24 heavy (non-hydrogen) atoms. The number of aromatic nitrogens is 2. The van der Waals surface area contributed by atoms with Crippen LogP contribution in [-0.4, -0.2) is 15.7 Å². The molecule has 0 spiro atoms. The molecule has 0 aliphatic rings. The van der Waals surface area contributed by atoms with Crippen LogP contribution in [0.4, 0.5) is 0 Å². The van der Waals surface area contributed by atoms with Crippen LogP contribution in [-0.2, 0) is 13.6 Å². The molecule has 0 saturated carbocycles. The Bertz CT molecular complexity index is 995. The van der Waals surface area contributed by atoms with Crippen molar-refractivity contribution < 1.29 is 4.79 Å². The average molecular weight is 342 g/mol. The van der Waals surface area contributed by atoms with Gasteiger partial charge in [0.15, 0.2) is 5.69 Å². The third-order valence-corrected chi connectivity index (χ3v) is 4.17. The zero-order chi connectivity index (χ0) is 17.3. The Morgan fingerprint density at radius 3 is 2.75 bits per heavy atom. The highest BCUT2D eigenvalue weighted by Crippen LogP contribution is 2.15. The van der Waals surface area contributed by atoms with Gasteiger partial charge in [0.2, 0.25) is 5.43 Å². The normalized spacial score (nSPS) is 10.8. The average Bonchev–Trinajstić information content (AvgIpc) is 2.57. The summed E-state index contributed by atoms with van der Waals surface area (Å²) in [6.45, 7) is 2.31. The van der Waals surface area contributed by atoms with E-state index >= 15 is 0 Å². The monoisotopic (exact) mass is 341 g/mol. The Kier molecular flexibility index (Phi) is 4.36. The third kappa shape index (κ3) is 3.03. The van der Waals surface area contributed by atoms with Crippen LogP contribution in [0.25, 0.3) is 10.9 Å². The molecule has 2 aromatic carbocycles. The van der Waals surface area contributed by atoms with Crippen molar-refractivity contribution in [1.82, 2.24) is 15.1 Å². The molecule has 5 nitrogen and oxygen atoms in total. The Morgan fingerprint density at radius 2 is 2.00 bits per heavy atom. The Morgan fingerprint density at radius 1 is 1.25 bits per heavy atom. The minimum atomic E-state index is -0.499. The summed E-state index contributed by atoms with van der Waals surface area (Å²) in [7, 11) is 1.69. The standard InChI is InChI=1S/C18H16ClN3O2/c1-11-5-3-4-6-12(11)10-20-18(24)16-17(23)14-9-13(19)7-8-15(14)22(2)21-16/h3-9H,10H2,1-2H3,(H,20,24). The van der Waals surface area contributed by atoms with Gasteiger partial charge in [-0.2, -0.15) is 5.10 Å². The number of rotatable bonds is 3. The highest BCUT2D eigenvalue weighted by Gasteiger charge is 2.16. The summed E-state index contributed by atoms with van der Waals surface area (Å²) in [5.74, 6) is -0.499. The molecule has 3 aromatic rings. The molecule has 0 unspecified atom stereocenters. The van der Waals surface area contributed by atoms with Crippen molar-refractivity contribution in [3.05, 3.63) is 74.5 Å². The molecule has 0 bridgehead atoms. The molecule has 0 fully saturated rings. The van der Waals surface area contributed by atoms with Gasteiger partial charge >= 0.3 is 0 Å². The van der Waals surface area contributed by atoms with Gasteiger partial charge in [-0.1, -0.05) is 35.9 Å². The van der Waals surface area contributed by atoms with E-state index in [4.69, 9.17) is 11.6 Å². The molecule has 0 aliphatic heterocycles. The lowest BCUT2D eigenvalue weighted by molar-refractivity contribution is 0.0943. The topological polar surface area (TPSA) is 64.0 Å². The predicted molar refractivity (Wildman–Crippen MR) is 94.3 cm³/mol. The third-order valence-electron chi connectivity index (χ3n) is 3.93. The maximum absolute atomic E-state index is 12.6. The fraction of sp³-hybridized carbons (Fsp3) is 0.167. The van der Waals surface area contributed by atoms with Gasteiger partial charge in [-0.3, -0.25) is 14.3 Å². The molecule has 122 valence electrons. The molecule has 0 aliphatic carbocycles. The van der Waals surface area contributed by atoms with E-state index in [2.05, 4.69) is 10.4 Å². The van der Waals surface area contributed by atoms with Gasteiger partial charge < -0.3 is 5.32 Å². The summed E-state index contributed by atoms with van der Waals surface area (Å²) < 4.78 is 1.51. The highest BCUT2D eigenvalue weighted by molar-refractivity contribution is 6.31. The van der Waals surface area contributed by atoms with Crippen molar-refractivity contribution in [3.63, 3.8) is 0 Å². The largest absolute Gasteiger partial charge is 0.346 e. The minimum Gasteiger partial charge on any atom is -0.346 e. The maximum atomic E-state index is 12.6. The fourth-order valence-electron chi connectivity index (χ4n) is 2.57. The quantitative estimate of drug-likeness (QED) is 0.796. The Balaban J connectivity index is 1.94. The molecular formula is C18H16ClN3O2. The van der Waals surface area contributed by atoms with Crippen molar-refractivity contribution in [1.29, 1.82) is 0 Å². The van der Waals surface area contributed by atoms with Gasteiger partial charge in [0.1, 0.15) is 0 Å². The van der Waals surface area contributed by atoms with E-state index in [1.54, 1.807) is 25.2 Å².